The number of primary sulfonamides is 1. The average molecular weight is 276 g/mol. The first-order valence-electron chi connectivity index (χ1n) is 5.91. The molecule has 0 aliphatic carbocycles. The van der Waals surface area contributed by atoms with Crippen LogP contribution in [-0.4, -0.2) is 8.42 Å². The normalized spacial score (nSPS) is 12.9. The molecule has 3 N–H and O–H groups in total. The second kappa shape index (κ2) is 5.42. The van der Waals surface area contributed by atoms with Crippen molar-refractivity contribution in [3.8, 4) is 0 Å². The van der Waals surface area contributed by atoms with E-state index in [9.17, 15) is 8.42 Å². The van der Waals surface area contributed by atoms with Gasteiger partial charge in [0.1, 0.15) is 0 Å². The van der Waals surface area contributed by atoms with E-state index >= 15 is 0 Å². The van der Waals surface area contributed by atoms with Gasteiger partial charge < -0.3 is 5.32 Å². The summed E-state index contributed by atoms with van der Waals surface area (Å²) in [5.74, 6) is 0. The molecule has 0 bridgehead atoms. The first kappa shape index (κ1) is 13.6. The maximum Gasteiger partial charge on any atom is 0.238 e. The topological polar surface area (TPSA) is 72.2 Å². The summed E-state index contributed by atoms with van der Waals surface area (Å²) in [4.78, 5) is 0.109. The quantitative estimate of drug-likeness (QED) is 0.901. The average Bonchev–Trinajstić information content (AvgIpc) is 2.39. The third-order valence-electron chi connectivity index (χ3n) is 2.85. The Morgan fingerprint density at radius 2 is 1.74 bits per heavy atom. The molecule has 4 nitrogen and oxygen atoms in total. The fraction of sp³-hybridized carbons (Fsp3) is 0.143. The molecule has 100 valence electrons. The van der Waals surface area contributed by atoms with Crippen LogP contribution in [0.3, 0.4) is 0 Å². The van der Waals surface area contributed by atoms with Gasteiger partial charge in [-0.3, -0.25) is 0 Å². The highest BCUT2D eigenvalue weighted by atomic mass is 32.2. The van der Waals surface area contributed by atoms with E-state index in [0.29, 0.717) is 0 Å². The van der Waals surface area contributed by atoms with E-state index in [0.717, 1.165) is 11.3 Å². The molecular weight excluding hydrogens is 260 g/mol. The number of sulfonamides is 1. The number of hydrogen-bond donors (Lipinski definition) is 2. The molecule has 2 rings (SSSR count). The van der Waals surface area contributed by atoms with Gasteiger partial charge in [0.2, 0.25) is 10.0 Å². The lowest BCUT2D eigenvalue weighted by molar-refractivity contribution is 0.598. The minimum Gasteiger partial charge on any atom is -0.378 e. The van der Waals surface area contributed by atoms with Crippen molar-refractivity contribution in [2.45, 2.75) is 17.9 Å². The molecular formula is C14H16N2O2S. The predicted molar refractivity (Wildman–Crippen MR) is 76.3 cm³/mol. The van der Waals surface area contributed by atoms with Gasteiger partial charge in [-0.2, -0.15) is 0 Å². The number of nitrogens with one attached hydrogen (secondary N) is 1. The van der Waals surface area contributed by atoms with E-state index in [-0.39, 0.29) is 10.9 Å². The molecule has 0 fully saturated rings. The van der Waals surface area contributed by atoms with E-state index < -0.39 is 10.0 Å². The zero-order valence-corrected chi connectivity index (χ0v) is 11.4. The molecule has 2 aromatic carbocycles. The third kappa shape index (κ3) is 3.56. The van der Waals surface area contributed by atoms with Crippen molar-refractivity contribution >= 4 is 15.7 Å². The Morgan fingerprint density at radius 1 is 1.05 bits per heavy atom. The van der Waals surface area contributed by atoms with E-state index in [1.54, 1.807) is 6.07 Å². The van der Waals surface area contributed by atoms with Crippen LogP contribution in [0.4, 0.5) is 5.69 Å². The van der Waals surface area contributed by atoms with Crippen molar-refractivity contribution in [2.24, 2.45) is 5.14 Å². The summed E-state index contributed by atoms with van der Waals surface area (Å²) < 4.78 is 22.6. The van der Waals surface area contributed by atoms with Crippen LogP contribution in [0.1, 0.15) is 18.5 Å². The van der Waals surface area contributed by atoms with E-state index in [1.165, 1.54) is 12.1 Å². The van der Waals surface area contributed by atoms with Crippen molar-refractivity contribution in [1.29, 1.82) is 0 Å². The smallest absolute Gasteiger partial charge is 0.238 e. The Labute approximate surface area is 113 Å². The van der Waals surface area contributed by atoms with Gasteiger partial charge in [-0.25, -0.2) is 13.6 Å². The number of benzene rings is 2. The lowest BCUT2D eigenvalue weighted by atomic mass is 10.1. The highest BCUT2D eigenvalue weighted by Gasteiger charge is 2.09. The minimum absolute atomic E-state index is 0.0805. The second-order valence-corrected chi connectivity index (χ2v) is 5.91. The van der Waals surface area contributed by atoms with Gasteiger partial charge in [-0.1, -0.05) is 36.4 Å². The second-order valence-electron chi connectivity index (χ2n) is 4.35. The molecule has 5 heteroatoms. The van der Waals surface area contributed by atoms with Gasteiger partial charge in [-0.05, 0) is 30.7 Å². The predicted octanol–water partition coefficient (Wildman–Crippen LogP) is 2.51. The molecule has 0 aromatic heterocycles. The molecule has 0 spiro atoms. The number of rotatable bonds is 4. The summed E-state index contributed by atoms with van der Waals surface area (Å²) in [6.45, 7) is 2.01. The van der Waals surface area contributed by atoms with E-state index in [1.807, 2.05) is 43.3 Å². The van der Waals surface area contributed by atoms with Crippen LogP contribution < -0.4 is 10.5 Å². The Hall–Kier alpha value is -1.85. The van der Waals surface area contributed by atoms with Crippen LogP contribution in [0.2, 0.25) is 0 Å². The number of nitrogens with two attached hydrogens (primary N) is 1. The van der Waals surface area contributed by atoms with Crippen molar-refractivity contribution in [2.75, 3.05) is 5.32 Å². The van der Waals surface area contributed by atoms with Crippen LogP contribution in [-0.2, 0) is 10.0 Å². The summed E-state index contributed by atoms with van der Waals surface area (Å²) in [6, 6.07) is 16.5. The van der Waals surface area contributed by atoms with Crippen LogP contribution in [0.25, 0.3) is 0 Å². The van der Waals surface area contributed by atoms with Crippen LogP contribution in [0.15, 0.2) is 59.5 Å². The molecule has 0 radical (unpaired) electrons. The van der Waals surface area contributed by atoms with E-state index in [4.69, 9.17) is 5.14 Å². The van der Waals surface area contributed by atoms with Crippen molar-refractivity contribution < 1.29 is 8.42 Å². The molecule has 0 saturated heterocycles. The van der Waals surface area contributed by atoms with Gasteiger partial charge in [-0.15, -0.1) is 0 Å². The maximum absolute atomic E-state index is 11.3. The summed E-state index contributed by atoms with van der Waals surface area (Å²) in [6.07, 6.45) is 0. The van der Waals surface area contributed by atoms with Gasteiger partial charge in [0.25, 0.3) is 0 Å². The van der Waals surface area contributed by atoms with Crippen LogP contribution in [0, 0.1) is 0 Å². The Balaban J connectivity index is 2.20. The molecule has 2 aromatic rings. The van der Waals surface area contributed by atoms with Crippen molar-refractivity contribution in [3.05, 3.63) is 60.2 Å². The Bertz CT molecular complexity index is 654. The first-order chi connectivity index (χ1) is 8.97. The highest BCUT2D eigenvalue weighted by Crippen LogP contribution is 2.20. The van der Waals surface area contributed by atoms with Gasteiger partial charge >= 0.3 is 0 Å². The minimum atomic E-state index is -3.67. The van der Waals surface area contributed by atoms with E-state index in [2.05, 4.69) is 5.32 Å². The SMILES string of the molecule is CC(Nc1cccc(S(N)(=O)=O)c1)c1ccccc1. The maximum atomic E-state index is 11.3. The molecule has 1 atom stereocenters. The molecule has 1 unspecified atom stereocenters. The molecule has 0 aliphatic rings. The summed E-state index contributed by atoms with van der Waals surface area (Å²) in [7, 11) is -3.67. The molecule has 19 heavy (non-hydrogen) atoms. The number of anilines is 1. The molecule has 0 amide bonds. The summed E-state index contributed by atoms with van der Waals surface area (Å²) in [5, 5.41) is 8.36. The fourth-order valence-electron chi connectivity index (χ4n) is 1.84. The van der Waals surface area contributed by atoms with Gasteiger partial charge in [0.15, 0.2) is 0 Å². The summed E-state index contributed by atoms with van der Waals surface area (Å²) in [5.41, 5.74) is 1.85. The first-order valence-corrected chi connectivity index (χ1v) is 7.46. The highest BCUT2D eigenvalue weighted by molar-refractivity contribution is 7.89. The monoisotopic (exact) mass is 276 g/mol. The van der Waals surface area contributed by atoms with Gasteiger partial charge in [0, 0.05) is 11.7 Å². The molecule has 0 aliphatic heterocycles. The van der Waals surface area contributed by atoms with Crippen LogP contribution in [0.5, 0.6) is 0 Å². The lowest BCUT2D eigenvalue weighted by Gasteiger charge is -2.16. The zero-order valence-electron chi connectivity index (χ0n) is 10.6. The van der Waals surface area contributed by atoms with Crippen molar-refractivity contribution in [1.82, 2.24) is 0 Å². The zero-order chi connectivity index (χ0) is 13.9. The lowest BCUT2D eigenvalue weighted by Crippen LogP contribution is -2.13. The van der Waals surface area contributed by atoms with Crippen molar-refractivity contribution in [3.63, 3.8) is 0 Å². The number of hydrogen-bond acceptors (Lipinski definition) is 3. The third-order valence-corrected chi connectivity index (χ3v) is 3.76. The Kier molecular flexibility index (Phi) is 3.87. The largest absolute Gasteiger partial charge is 0.378 e. The Morgan fingerprint density at radius 3 is 2.37 bits per heavy atom. The van der Waals surface area contributed by atoms with Crippen LogP contribution >= 0.6 is 0 Å². The molecule has 0 saturated carbocycles. The fourth-order valence-corrected chi connectivity index (χ4v) is 2.40. The molecule has 0 heterocycles. The van der Waals surface area contributed by atoms with Gasteiger partial charge in [0.05, 0.1) is 4.90 Å². The summed E-state index contributed by atoms with van der Waals surface area (Å²) >= 11 is 0. The standard InChI is InChI=1S/C14H16N2O2S/c1-11(12-6-3-2-4-7-12)16-13-8-5-9-14(10-13)19(15,17)18/h2-11,16H,1H3,(H2,15,17,18).